The number of hydrogen-bond acceptors (Lipinski definition) is 3. The summed E-state index contributed by atoms with van der Waals surface area (Å²) in [6, 6.07) is 16.8. The maximum Gasteiger partial charge on any atom is 0.254 e. The molecule has 172 valence electrons. The molecule has 1 aromatic heterocycles. The number of nitrogens with zero attached hydrogens (tertiary/aromatic N) is 2. The molecular weight excluding hydrogens is 434 g/mol. The fourth-order valence-corrected chi connectivity index (χ4v) is 5.88. The molecule has 0 bridgehead atoms. The Morgan fingerprint density at radius 1 is 1.03 bits per heavy atom. The van der Waals surface area contributed by atoms with E-state index in [1.165, 1.54) is 29.7 Å². The second-order valence-electron chi connectivity index (χ2n) is 9.30. The summed E-state index contributed by atoms with van der Waals surface area (Å²) in [6.45, 7) is 1.50. The predicted octanol–water partition coefficient (Wildman–Crippen LogP) is 5.34. The summed E-state index contributed by atoms with van der Waals surface area (Å²) in [7, 11) is 1.70. The van der Waals surface area contributed by atoms with Gasteiger partial charge in [0.1, 0.15) is 5.75 Å². The molecule has 1 saturated heterocycles. The molecule has 33 heavy (non-hydrogen) atoms. The van der Waals surface area contributed by atoms with E-state index < -0.39 is 0 Å². The van der Waals surface area contributed by atoms with Gasteiger partial charge < -0.3 is 19.5 Å². The zero-order valence-corrected chi connectivity index (χ0v) is 19.8. The minimum atomic E-state index is -0.171. The number of aromatic nitrogens is 1. The van der Waals surface area contributed by atoms with E-state index in [0.29, 0.717) is 0 Å². The van der Waals surface area contributed by atoms with E-state index in [1.807, 2.05) is 12.1 Å². The monoisotopic (exact) mass is 463 g/mol. The number of halogens is 1. The lowest BCUT2D eigenvalue weighted by atomic mass is 9.81. The van der Waals surface area contributed by atoms with Crippen LogP contribution in [0.15, 0.2) is 54.7 Å². The number of likely N-dealkylation sites (tertiary alicyclic amines) is 1. The molecule has 2 aromatic carbocycles. The van der Waals surface area contributed by atoms with Crippen LogP contribution in [-0.2, 0) is 18.4 Å². The van der Waals surface area contributed by atoms with Crippen molar-refractivity contribution in [3.63, 3.8) is 0 Å². The quantitative estimate of drug-likeness (QED) is 0.557. The fraction of sp³-hybridized carbons (Fsp3) is 0.370. The Morgan fingerprint density at radius 3 is 2.67 bits per heavy atom. The second-order valence-corrected chi connectivity index (χ2v) is 9.30. The Labute approximate surface area is 201 Å². The van der Waals surface area contributed by atoms with Crippen LogP contribution in [0.1, 0.15) is 52.9 Å². The predicted molar refractivity (Wildman–Crippen MR) is 133 cm³/mol. The van der Waals surface area contributed by atoms with Crippen LogP contribution in [-0.4, -0.2) is 35.6 Å². The molecular formula is C27H30ClN3O2. The number of fused-ring (bicyclic) bond motifs is 5. The zero-order valence-electron chi connectivity index (χ0n) is 19.0. The third-order valence-corrected chi connectivity index (χ3v) is 7.61. The third-order valence-electron chi connectivity index (χ3n) is 7.61. The van der Waals surface area contributed by atoms with Crippen molar-refractivity contribution in [1.82, 2.24) is 9.47 Å². The summed E-state index contributed by atoms with van der Waals surface area (Å²) in [6.07, 6.45) is 8.45. The molecule has 0 atom stereocenters. The van der Waals surface area contributed by atoms with Crippen molar-refractivity contribution in [3.8, 4) is 11.4 Å². The average molecular weight is 464 g/mol. The summed E-state index contributed by atoms with van der Waals surface area (Å²) in [4.78, 5) is 15.6. The molecule has 6 heteroatoms. The highest BCUT2D eigenvalue weighted by Gasteiger charge is 2.42. The minimum absolute atomic E-state index is 0. The summed E-state index contributed by atoms with van der Waals surface area (Å²) >= 11 is 0. The van der Waals surface area contributed by atoms with Gasteiger partial charge in [-0.15, -0.1) is 12.4 Å². The van der Waals surface area contributed by atoms with Crippen molar-refractivity contribution < 1.29 is 9.53 Å². The number of aryl methyl sites for hydroxylation is 1. The number of carbonyl (C=O) groups excluding carboxylic acids is 1. The molecule has 6 rings (SSSR count). The largest absolute Gasteiger partial charge is 0.497 e. The van der Waals surface area contributed by atoms with Crippen LogP contribution in [0.5, 0.6) is 5.75 Å². The lowest BCUT2D eigenvalue weighted by molar-refractivity contribution is 0.0675. The number of anilines is 1. The molecule has 3 aliphatic rings. The maximum atomic E-state index is 13.5. The summed E-state index contributed by atoms with van der Waals surface area (Å²) in [5.41, 5.74) is 6.92. The van der Waals surface area contributed by atoms with Crippen molar-refractivity contribution in [3.05, 3.63) is 77.1 Å². The van der Waals surface area contributed by atoms with E-state index in [4.69, 9.17) is 4.74 Å². The van der Waals surface area contributed by atoms with Gasteiger partial charge in [0.2, 0.25) is 0 Å². The molecule has 2 aliphatic heterocycles. The highest BCUT2D eigenvalue weighted by molar-refractivity contribution is 5.96. The van der Waals surface area contributed by atoms with Crippen molar-refractivity contribution >= 4 is 24.0 Å². The van der Waals surface area contributed by atoms with Crippen molar-refractivity contribution in [2.24, 2.45) is 0 Å². The van der Waals surface area contributed by atoms with E-state index in [9.17, 15) is 4.79 Å². The fourth-order valence-electron chi connectivity index (χ4n) is 5.88. The first-order chi connectivity index (χ1) is 15.7. The Bertz CT molecular complexity index is 1190. The van der Waals surface area contributed by atoms with E-state index in [0.717, 1.165) is 61.5 Å². The SMILES string of the molecule is COc1ccc2c(c1)NC1(CCN(C(=O)c3cccc4c3CCCC4)CC1)c1cccn1-2.Cl. The Kier molecular flexibility index (Phi) is 5.61. The number of hydrogen-bond donors (Lipinski definition) is 1. The van der Waals surface area contributed by atoms with Crippen LogP contribution in [0.3, 0.4) is 0 Å². The highest BCUT2D eigenvalue weighted by Crippen LogP contribution is 2.44. The molecule has 1 amide bonds. The molecule has 1 spiro atoms. The van der Waals surface area contributed by atoms with E-state index in [2.05, 4.69) is 57.4 Å². The second kappa shape index (κ2) is 8.45. The topological polar surface area (TPSA) is 46.5 Å². The van der Waals surface area contributed by atoms with Gasteiger partial charge in [-0.1, -0.05) is 12.1 Å². The van der Waals surface area contributed by atoms with E-state index in [-0.39, 0.29) is 23.9 Å². The van der Waals surface area contributed by atoms with Crippen molar-refractivity contribution in [2.45, 2.75) is 44.1 Å². The van der Waals surface area contributed by atoms with Gasteiger partial charge in [-0.05, 0) is 80.0 Å². The minimum Gasteiger partial charge on any atom is -0.497 e. The van der Waals surface area contributed by atoms with Crippen LogP contribution in [0.2, 0.25) is 0 Å². The van der Waals surface area contributed by atoms with Crippen LogP contribution in [0.25, 0.3) is 5.69 Å². The number of amides is 1. The summed E-state index contributed by atoms with van der Waals surface area (Å²) < 4.78 is 7.75. The van der Waals surface area contributed by atoms with Gasteiger partial charge >= 0.3 is 0 Å². The molecule has 3 aromatic rings. The first kappa shape index (κ1) is 21.9. The number of nitrogens with one attached hydrogen (secondary N) is 1. The Hall–Kier alpha value is -2.92. The van der Waals surface area contributed by atoms with E-state index >= 15 is 0 Å². The van der Waals surface area contributed by atoms with Crippen LogP contribution in [0.4, 0.5) is 5.69 Å². The van der Waals surface area contributed by atoms with Crippen LogP contribution < -0.4 is 10.1 Å². The number of piperidine rings is 1. The summed E-state index contributed by atoms with van der Waals surface area (Å²) in [5, 5.41) is 3.84. The van der Waals surface area contributed by atoms with Gasteiger partial charge in [0, 0.05) is 36.6 Å². The number of methoxy groups -OCH3 is 1. The molecule has 3 heterocycles. The van der Waals surface area contributed by atoms with Crippen molar-refractivity contribution in [2.75, 3.05) is 25.5 Å². The number of carbonyl (C=O) groups is 1. The first-order valence-electron chi connectivity index (χ1n) is 11.7. The van der Waals surface area contributed by atoms with Gasteiger partial charge in [-0.25, -0.2) is 0 Å². The first-order valence-corrected chi connectivity index (χ1v) is 11.7. The van der Waals surface area contributed by atoms with Gasteiger partial charge in [0.05, 0.1) is 24.0 Å². The Balaban J connectivity index is 0.00000228. The molecule has 1 fully saturated rings. The maximum absolute atomic E-state index is 13.5. The van der Waals surface area contributed by atoms with Gasteiger partial charge in [0.15, 0.2) is 0 Å². The molecule has 1 aliphatic carbocycles. The lowest BCUT2D eigenvalue weighted by Gasteiger charge is -2.46. The smallest absolute Gasteiger partial charge is 0.254 e. The van der Waals surface area contributed by atoms with Gasteiger partial charge in [-0.2, -0.15) is 0 Å². The standard InChI is InChI=1S/C27H29N3O2.ClH/c1-32-20-11-12-24-23(18-20)28-27(25-10-5-15-30(24)25)13-16-29(17-14-27)26(31)22-9-4-7-19-6-2-3-8-21(19)22;/h4-5,7,9-12,15,18,28H,2-3,6,8,13-14,16-17H2,1H3;1H. The average Bonchev–Trinajstić information content (AvgIpc) is 3.35. The number of rotatable bonds is 2. The molecule has 0 unspecified atom stereocenters. The molecule has 0 radical (unpaired) electrons. The molecule has 0 saturated carbocycles. The normalized spacial score (nSPS) is 17.8. The lowest BCUT2D eigenvalue weighted by Crippen LogP contribution is -2.51. The number of benzene rings is 2. The highest BCUT2D eigenvalue weighted by atomic mass is 35.5. The number of ether oxygens (including phenoxy) is 1. The zero-order chi connectivity index (χ0) is 21.7. The Morgan fingerprint density at radius 2 is 1.85 bits per heavy atom. The summed E-state index contributed by atoms with van der Waals surface area (Å²) in [5.74, 6) is 1.05. The molecule has 1 N–H and O–H groups in total. The molecule has 5 nitrogen and oxygen atoms in total. The third kappa shape index (κ3) is 3.50. The van der Waals surface area contributed by atoms with Gasteiger partial charge in [-0.3, -0.25) is 4.79 Å². The van der Waals surface area contributed by atoms with Crippen molar-refractivity contribution in [1.29, 1.82) is 0 Å². The van der Waals surface area contributed by atoms with Gasteiger partial charge in [0.25, 0.3) is 5.91 Å². The van der Waals surface area contributed by atoms with Crippen LogP contribution in [0, 0.1) is 0 Å². The van der Waals surface area contributed by atoms with E-state index in [1.54, 1.807) is 7.11 Å². The van der Waals surface area contributed by atoms with Crippen LogP contribution >= 0.6 is 12.4 Å².